The average molecular weight is 418 g/mol. The molecule has 136 valence electrons. The van der Waals surface area contributed by atoms with Crippen molar-refractivity contribution >= 4 is 27.5 Å². The Balaban J connectivity index is 1.63. The number of carbonyl (C=O) groups excluding carboxylic acids is 1. The maximum Gasteiger partial charge on any atom is 0.273 e. The quantitative estimate of drug-likeness (QED) is 0.562. The minimum absolute atomic E-state index is 0.0107. The molecule has 1 amide bonds. The van der Waals surface area contributed by atoms with E-state index in [-0.39, 0.29) is 11.6 Å². The molecule has 0 bridgehead atoms. The lowest BCUT2D eigenvalue weighted by molar-refractivity contribution is -0.385. The molecular weight excluding hydrogens is 398 g/mol. The molecule has 0 radical (unpaired) electrons. The monoisotopic (exact) mass is 417 g/mol. The number of carbonyl (C=O) groups is 1. The molecule has 2 aromatic rings. The van der Waals surface area contributed by atoms with Crippen molar-refractivity contribution in [2.24, 2.45) is 0 Å². The lowest BCUT2D eigenvalue weighted by atomic mass is 10.1. The van der Waals surface area contributed by atoms with Crippen molar-refractivity contribution in [2.45, 2.75) is 13.5 Å². The zero-order valence-electron chi connectivity index (χ0n) is 14.5. The van der Waals surface area contributed by atoms with E-state index in [9.17, 15) is 14.9 Å². The number of aryl methyl sites for hydroxylation is 1. The van der Waals surface area contributed by atoms with Gasteiger partial charge in [-0.2, -0.15) is 0 Å². The van der Waals surface area contributed by atoms with Gasteiger partial charge < -0.3 is 4.90 Å². The molecule has 2 aromatic carbocycles. The van der Waals surface area contributed by atoms with Crippen LogP contribution in [-0.2, 0) is 6.54 Å². The average Bonchev–Trinajstić information content (AvgIpc) is 2.64. The van der Waals surface area contributed by atoms with Crippen LogP contribution < -0.4 is 0 Å². The number of piperazine rings is 1. The molecule has 0 spiro atoms. The van der Waals surface area contributed by atoms with Crippen LogP contribution in [-0.4, -0.2) is 46.8 Å². The van der Waals surface area contributed by atoms with Crippen molar-refractivity contribution in [1.82, 2.24) is 9.80 Å². The predicted octanol–water partition coefficient (Wildman–Crippen LogP) is 3.62. The van der Waals surface area contributed by atoms with Gasteiger partial charge in [-0.1, -0.05) is 40.2 Å². The lowest BCUT2D eigenvalue weighted by Gasteiger charge is -2.35. The van der Waals surface area contributed by atoms with Gasteiger partial charge in [0.15, 0.2) is 0 Å². The van der Waals surface area contributed by atoms with E-state index >= 15 is 0 Å². The Hall–Kier alpha value is -2.25. The van der Waals surface area contributed by atoms with Crippen molar-refractivity contribution in [2.75, 3.05) is 26.2 Å². The van der Waals surface area contributed by atoms with Gasteiger partial charge in [-0.15, -0.1) is 0 Å². The number of amides is 1. The van der Waals surface area contributed by atoms with Crippen molar-refractivity contribution in [3.8, 4) is 0 Å². The minimum atomic E-state index is -0.443. The van der Waals surface area contributed by atoms with Gasteiger partial charge in [0.25, 0.3) is 11.6 Å². The highest BCUT2D eigenvalue weighted by Crippen LogP contribution is 2.22. The molecule has 1 aliphatic heterocycles. The Kier molecular flexibility index (Phi) is 5.68. The third-order valence-corrected chi connectivity index (χ3v) is 5.44. The molecule has 0 unspecified atom stereocenters. The fraction of sp³-hybridized carbons (Fsp3) is 0.316. The Morgan fingerprint density at radius 2 is 1.85 bits per heavy atom. The molecule has 0 aliphatic carbocycles. The van der Waals surface area contributed by atoms with Gasteiger partial charge in [-0.3, -0.25) is 19.8 Å². The number of benzene rings is 2. The molecule has 0 aromatic heterocycles. The van der Waals surface area contributed by atoms with Crippen molar-refractivity contribution in [3.05, 3.63) is 73.7 Å². The second-order valence-electron chi connectivity index (χ2n) is 6.42. The van der Waals surface area contributed by atoms with Crippen molar-refractivity contribution in [1.29, 1.82) is 0 Å². The highest BCUT2D eigenvalue weighted by molar-refractivity contribution is 9.10. The predicted molar refractivity (Wildman–Crippen MR) is 103 cm³/mol. The standard InChI is InChI=1S/C19H20BrN3O3/c1-14-6-7-15(12-18(14)23(25)26)19(24)22-10-8-21(9-11-22)13-16-4-2-3-5-17(16)20/h2-7,12H,8-11,13H2,1H3. The van der Waals surface area contributed by atoms with E-state index in [4.69, 9.17) is 0 Å². The maximum absolute atomic E-state index is 12.7. The van der Waals surface area contributed by atoms with Crippen LogP contribution in [0.3, 0.4) is 0 Å². The maximum atomic E-state index is 12.7. The fourth-order valence-corrected chi connectivity index (χ4v) is 3.51. The molecule has 6 nitrogen and oxygen atoms in total. The summed E-state index contributed by atoms with van der Waals surface area (Å²) >= 11 is 3.57. The van der Waals surface area contributed by atoms with Gasteiger partial charge in [-0.25, -0.2) is 0 Å². The first kappa shape index (κ1) is 18.5. The Morgan fingerprint density at radius 1 is 1.15 bits per heavy atom. The number of nitro benzene ring substituents is 1. The molecule has 1 heterocycles. The van der Waals surface area contributed by atoms with E-state index in [1.165, 1.54) is 11.6 Å². The first-order chi connectivity index (χ1) is 12.5. The lowest BCUT2D eigenvalue weighted by Crippen LogP contribution is -2.48. The number of nitrogens with zero attached hydrogens (tertiary/aromatic N) is 3. The van der Waals surface area contributed by atoms with Crippen LogP contribution in [0.25, 0.3) is 0 Å². The number of hydrogen-bond donors (Lipinski definition) is 0. The van der Waals surface area contributed by atoms with Gasteiger partial charge in [-0.05, 0) is 24.6 Å². The summed E-state index contributed by atoms with van der Waals surface area (Å²) in [5.74, 6) is -0.145. The van der Waals surface area contributed by atoms with Gasteiger partial charge >= 0.3 is 0 Å². The Bertz CT molecular complexity index is 833. The van der Waals surface area contributed by atoms with E-state index in [2.05, 4.69) is 26.9 Å². The van der Waals surface area contributed by atoms with E-state index in [1.807, 2.05) is 18.2 Å². The second kappa shape index (κ2) is 7.97. The molecule has 0 N–H and O–H groups in total. The third kappa shape index (κ3) is 4.11. The van der Waals surface area contributed by atoms with E-state index in [0.717, 1.165) is 24.1 Å². The summed E-state index contributed by atoms with van der Waals surface area (Å²) in [6.45, 7) is 5.30. The van der Waals surface area contributed by atoms with Crippen LogP contribution in [0.15, 0.2) is 46.9 Å². The van der Waals surface area contributed by atoms with E-state index < -0.39 is 4.92 Å². The topological polar surface area (TPSA) is 66.7 Å². The summed E-state index contributed by atoms with van der Waals surface area (Å²) in [6, 6.07) is 12.8. The molecule has 0 saturated carbocycles. The van der Waals surface area contributed by atoms with Crippen LogP contribution in [0.5, 0.6) is 0 Å². The number of halogens is 1. The summed E-state index contributed by atoms with van der Waals surface area (Å²) in [4.78, 5) is 27.4. The number of hydrogen-bond acceptors (Lipinski definition) is 4. The normalized spacial score (nSPS) is 15.1. The summed E-state index contributed by atoms with van der Waals surface area (Å²) in [5, 5.41) is 11.1. The van der Waals surface area contributed by atoms with Crippen molar-refractivity contribution in [3.63, 3.8) is 0 Å². The third-order valence-electron chi connectivity index (χ3n) is 4.66. The largest absolute Gasteiger partial charge is 0.336 e. The molecule has 0 atom stereocenters. The molecule has 1 fully saturated rings. The van der Waals surface area contributed by atoms with Crippen LogP contribution in [0.2, 0.25) is 0 Å². The fourth-order valence-electron chi connectivity index (χ4n) is 3.10. The smallest absolute Gasteiger partial charge is 0.273 e. The van der Waals surface area contributed by atoms with Gasteiger partial charge in [0.2, 0.25) is 0 Å². The first-order valence-electron chi connectivity index (χ1n) is 8.46. The zero-order valence-corrected chi connectivity index (χ0v) is 16.1. The Labute approximate surface area is 160 Å². The zero-order chi connectivity index (χ0) is 18.7. The Morgan fingerprint density at radius 3 is 2.50 bits per heavy atom. The number of rotatable bonds is 4. The number of nitro groups is 1. The van der Waals surface area contributed by atoms with Crippen LogP contribution in [0, 0.1) is 17.0 Å². The summed E-state index contributed by atoms with van der Waals surface area (Å²) in [5.41, 5.74) is 2.15. The molecule has 3 rings (SSSR count). The molecule has 1 saturated heterocycles. The molecule has 26 heavy (non-hydrogen) atoms. The highest BCUT2D eigenvalue weighted by Gasteiger charge is 2.24. The SMILES string of the molecule is Cc1ccc(C(=O)N2CCN(Cc3ccccc3Br)CC2)cc1[N+](=O)[O-]. The van der Waals surface area contributed by atoms with E-state index in [0.29, 0.717) is 24.2 Å². The second-order valence-corrected chi connectivity index (χ2v) is 7.27. The summed E-state index contributed by atoms with van der Waals surface area (Å²) in [7, 11) is 0. The van der Waals surface area contributed by atoms with Crippen LogP contribution >= 0.6 is 15.9 Å². The molecule has 1 aliphatic rings. The van der Waals surface area contributed by atoms with Crippen molar-refractivity contribution < 1.29 is 9.72 Å². The van der Waals surface area contributed by atoms with Crippen LogP contribution in [0.4, 0.5) is 5.69 Å². The van der Waals surface area contributed by atoms with Gasteiger partial charge in [0.1, 0.15) is 0 Å². The summed E-state index contributed by atoms with van der Waals surface area (Å²) < 4.78 is 1.09. The summed E-state index contributed by atoms with van der Waals surface area (Å²) in [6.07, 6.45) is 0. The first-order valence-corrected chi connectivity index (χ1v) is 9.25. The van der Waals surface area contributed by atoms with Gasteiger partial charge in [0, 0.05) is 54.4 Å². The van der Waals surface area contributed by atoms with E-state index in [1.54, 1.807) is 24.0 Å². The highest BCUT2D eigenvalue weighted by atomic mass is 79.9. The molecule has 7 heteroatoms. The minimum Gasteiger partial charge on any atom is -0.336 e. The van der Waals surface area contributed by atoms with Gasteiger partial charge in [0.05, 0.1) is 4.92 Å². The van der Waals surface area contributed by atoms with Crippen LogP contribution in [0.1, 0.15) is 21.5 Å². The molecular formula is C19H20BrN3O3.